The van der Waals surface area contributed by atoms with Crippen LogP contribution in [0, 0.1) is 0 Å². The third-order valence-corrected chi connectivity index (χ3v) is 10.0. The average Bonchev–Trinajstić information content (AvgIpc) is 3.32. The first-order valence-corrected chi connectivity index (χ1v) is 20.8. The zero-order valence-corrected chi connectivity index (χ0v) is 36.9. The van der Waals surface area contributed by atoms with E-state index in [4.69, 9.17) is 28.8 Å². The third kappa shape index (κ3) is 15.3. The number of carbonyl (C=O) groups excluding carboxylic acids is 5. The van der Waals surface area contributed by atoms with Crippen molar-refractivity contribution in [2.45, 2.75) is 32.5 Å². The Morgan fingerprint density at radius 2 is 1.26 bits per heavy atom. The molecule has 0 aliphatic rings. The molecule has 66 heavy (non-hydrogen) atoms. The average molecular weight is 915 g/mol. The van der Waals surface area contributed by atoms with Crippen molar-refractivity contribution in [3.8, 4) is 11.5 Å². The maximum atomic E-state index is 12.8. The Morgan fingerprint density at radius 3 is 1.88 bits per heavy atom. The molecule has 0 saturated carbocycles. The highest BCUT2D eigenvalue weighted by Crippen LogP contribution is 2.31. The van der Waals surface area contributed by atoms with Gasteiger partial charge in [-0.2, -0.15) is 0 Å². The predicted octanol–water partition coefficient (Wildman–Crippen LogP) is 9.47. The van der Waals surface area contributed by atoms with Gasteiger partial charge in [-0.3, -0.25) is 19.2 Å². The molecule has 0 aliphatic heterocycles. The van der Waals surface area contributed by atoms with Crippen molar-refractivity contribution in [1.29, 1.82) is 0 Å². The van der Waals surface area contributed by atoms with E-state index in [1.807, 2.05) is 36.4 Å². The number of hydrogen-bond donors (Lipinski definition) is 1. The van der Waals surface area contributed by atoms with Crippen LogP contribution in [0.15, 0.2) is 164 Å². The van der Waals surface area contributed by atoms with Crippen LogP contribution in [0.2, 0.25) is 0 Å². The zero-order chi connectivity index (χ0) is 48.1. The predicted molar refractivity (Wildman–Crippen MR) is 249 cm³/mol. The topological polar surface area (TPSA) is 195 Å². The Balaban J connectivity index is 0.000000225. The molecule has 0 unspecified atom stereocenters. The monoisotopic (exact) mass is 914 g/mol. The third-order valence-electron chi connectivity index (χ3n) is 8.88. The van der Waals surface area contributed by atoms with Crippen molar-refractivity contribution >= 4 is 67.1 Å². The van der Waals surface area contributed by atoms with Gasteiger partial charge in [0, 0.05) is 54.6 Å². The first kappa shape index (κ1) is 50.5. The Hall–Kier alpha value is -8.17. The van der Waals surface area contributed by atoms with Gasteiger partial charge in [0.2, 0.25) is 5.78 Å². The number of rotatable bonds is 18. The first-order valence-electron chi connectivity index (χ1n) is 20.0. The molecule has 0 bridgehead atoms. The molecule has 1 heterocycles. The summed E-state index contributed by atoms with van der Waals surface area (Å²) < 4.78 is 31.8. The fourth-order valence-electron chi connectivity index (χ4n) is 5.70. The second kappa shape index (κ2) is 25.2. The van der Waals surface area contributed by atoms with Gasteiger partial charge in [0.25, 0.3) is 0 Å². The van der Waals surface area contributed by atoms with Gasteiger partial charge < -0.3 is 33.5 Å². The Morgan fingerprint density at radius 1 is 0.652 bits per heavy atom. The Kier molecular flexibility index (Phi) is 19.3. The van der Waals surface area contributed by atoms with Crippen LogP contribution >= 0.6 is 11.3 Å². The normalized spacial score (nSPS) is 10.3. The van der Waals surface area contributed by atoms with Gasteiger partial charge in [-0.1, -0.05) is 92.5 Å². The van der Waals surface area contributed by atoms with Crippen molar-refractivity contribution in [1.82, 2.24) is 0 Å². The molecular weight excluding hydrogens is 869 g/mol. The Bertz CT molecular complexity index is 2740. The number of aliphatic carboxylic acids is 1. The minimum atomic E-state index is -1.17. The Labute approximate surface area is 383 Å². The molecule has 1 N–H and O–H groups in total. The molecule has 1 aromatic heterocycles. The number of esters is 2. The number of benzene rings is 5. The molecule has 0 aliphatic carbocycles. The smallest absolute Gasteiger partial charge is 0.493 e. The molecule has 14 nitrogen and oxygen atoms in total. The lowest BCUT2D eigenvalue weighted by Crippen LogP contribution is -2.36. The molecule has 0 fully saturated rings. The molecule has 0 atom stereocenters. The highest BCUT2D eigenvalue weighted by atomic mass is 32.1. The summed E-state index contributed by atoms with van der Waals surface area (Å²) in [5, 5.41) is 9.87. The van der Waals surface area contributed by atoms with E-state index in [1.54, 1.807) is 98.8 Å². The number of carbonyl (C=O) groups is 6. The quantitative estimate of drug-likeness (QED) is 0.0163. The summed E-state index contributed by atoms with van der Waals surface area (Å²) >= 11 is 1.42. The van der Waals surface area contributed by atoms with Gasteiger partial charge in [0.05, 0.1) is 19.3 Å². The van der Waals surface area contributed by atoms with Crippen LogP contribution < -0.4 is 14.9 Å². The number of fused-ring (bicyclic) bond motifs is 2. The highest BCUT2D eigenvalue weighted by Gasteiger charge is 2.32. The van der Waals surface area contributed by atoms with E-state index in [9.17, 15) is 33.6 Å². The fraction of sp³-hybridized carbons (Fsp3) is 0.157. The van der Waals surface area contributed by atoms with Gasteiger partial charge >= 0.3 is 24.1 Å². The number of ether oxygens (including phenoxy) is 6. The van der Waals surface area contributed by atoms with Crippen LogP contribution in [0.3, 0.4) is 0 Å². The van der Waals surface area contributed by atoms with Crippen LogP contribution in [-0.2, 0) is 39.9 Å². The van der Waals surface area contributed by atoms with Gasteiger partial charge in [0.1, 0.15) is 31.3 Å². The molecule has 15 heteroatoms. The van der Waals surface area contributed by atoms with Gasteiger partial charge in [-0.25, -0.2) is 14.4 Å². The summed E-state index contributed by atoms with van der Waals surface area (Å²) in [7, 11) is 0. The summed E-state index contributed by atoms with van der Waals surface area (Å²) in [6.45, 7) is 13.1. The number of Topliss-reactive ketones (excluding diaryl/α,β-unsaturated/α-hetero) is 1. The molecule has 0 amide bonds. The SMILES string of the molecule is C=CC(=O)OC(C)(C)C(=O)c1ccccc1.C=CC(=O)OCCOc1ccc(C(=O)c2ccccc2)cc1.C=COC(=O)OCc1cc2c(=O)c3ccccc3sc2cc1OCCC(=O)O. The molecule has 6 aromatic rings. The van der Waals surface area contributed by atoms with Gasteiger partial charge in [0.15, 0.2) is 16.8 Å². The van der Waals surface area contributed by atoms with E-state index in [-0.39, 0.29) is 49.8 Å². The highest BCUT2D eigenvalue weighted by molar-refractivity contribution is 7.24. The zero-order valence-electron chi connectivity index (χ0n) is 36.1. The molecule has 6 rings (SSSR count). The van der Waals surface area contributed by atoms with Crippen molar-refractivity contribution in [2.24, 2.45) is 0 Å². The summed E-state index contributed by atoms with van der Waals surface area (Å²) in [5.41, 5.74) is 0.871. The summed E-state index contributed by atoms with van der Waals surface area (Å²) in [4.78, 5) is 81.2. The van der Waals surface area contributed by atoms with Crippen LogP contribution in [0.5, 0.6) is 11.5 Å². The molecular formula is C51H46O14S. The number of ketones is 2. The lowest BCUT2D eigenvalue weighted by Gasteiger charge is -2.22. The van der Waals surface area contributed by atoms with Crippen molar-refractivity contribution < 1.29 is 62.3 Å². The van der Waals surface area contributed by atoms with Crippen LogP contribution in [0.1, 0.15) is 52.1 Å². The minimum absolute atomic E-state index is 0.0351. The van der Waals surface area contributed by atoms with E-state index in [0.717, 1.165) is 23.1 Å². The molecule has 0 spiro atoms. The second-order valence-corrected chi connectivity index (χ2v) is 15.1. The van der Waals surface area contributed by atoms with Gasteiger partial charge in [-0.05, 0) is 62.4 Å². The van der Waals surface area contributed by atoms with Crippen LogP contribution in [-0.4, -0.2) is 66.2 Å². The number of carboxylic acid groups (broad SMARTS) is 1. The van der Waals surface area contributed by atoms with Gasteiger partial charge in [-0.15, -0.1) is 11.3 Å². The summed E-state index contributed by atoms with van der Waals surface area (Å²) in [5.74, 6) is -1.40. The maximum absolute atomic E-state index is 12.8. The fourth-order valence-corrected chi connectivity index (χ4v) is 6.79. The van der Waals surface area contributed by atoms with E-state index in [2.05, 4.69) is 24.5 Å². The standard InChI is InChI=1S/C20H16O7S.C18H16O4.C13H14O3/c1-2-25-20(24)27-11-12-9-14-17(10-15(12)26-8-7-18(21)22)28-16-6-4-3-5-13(16)19(14)23;1-2-17(19)22-13-12-21-16-10-8-15(9-11-16)18(20)14-6-4-3-5-7-14;1-4-11(14)16-13(2,3)12(15)10-8-6-5-7-9-10/h2-6,9-10H,1,7-8,11H2,(H,21,22);2-11H,1,12-13H2;4-9H,1H2,2-3H3. The lowest BCUT2D eigenvalue weighted by molar-refractivity contribution is -0.146. The first-order chi connectivity index (χ1) is 31.7. The van der Waals surface area contributed by atoms with Crippen molar-refractivity contribution in [2.75, 3.05) is 19.8 Å². The van der Waals surface area contributed by atoms with E-state index in [1.165, 1.54) is 11.3 Å². The van der Waals surface area contributed by atoms with E-state index >= 15 is 0 Å². The van der Waals surface area contributed by atoms with Crippen molar-refractivity contribution in [3.05, 3.63) is 192 Å². The number of hydrogen-bond acceptors (Lipinski definition) is 14. The molecule has 0 saturated heterocycles. The maximum Gasteiger partial charge on any atom is 0.513 e. The second-order valence-electron chi connectivity index (χ2n) is 14.0. The molecule has 0 radical (unpaired) electrons. The lowest BCUT2D eigenvalue weighted by atomic mass is 9.96. The van der Waals surface area contributed by atoms with Crippen LogP contribution in [0.25, 0.3) is 20.2 Å². The summed E-state index contributed by atoms with van der Waals surface area (Å²) in [6, 6.07) is 35.1. The molecule has 5 aromatic carbocycles. The van der Waals surface area contributed by atoms with Crippen molar-refractivity contribution in [3.63, 3.8) is 0 Å². The van der Waals surface area contributed by atoms with E-state index in [0.29, 0.717) is 49.2 Å². The minimum Gasteiger partial charge on any atom is -0.493 e. The van der Waals surface area contributed by atoms with E-state index < -0.39 is 29.7 Å². The summed E-state index contributed by atoms with van der Waals surface area (Å²) in [6.07, 6.45) is 1.95. The number of carboxylic acids is 1. The largest absolute Gasteiger partial charge is 0.513 e. The van der Waals surface area contributed by atoms with Crippen LogP contribution in [0.4, 0.5) is 4.79 Å². The molecule has 340 valence electrons.